The van der Waals surface area contributed by atoms with Gasteiger partial charge >= 0.3 is 6.03 Å². The van der Waals surface area contributed by atoms with Gasteiger partial charge in [-0.2, -0.15) is 0 Å². The van der Waals surface area contributed by atoms with Gasteiger partial charge in [-0.3, -0.25) is 4.57 Å². The zero-order chi connectivity index (χ0) is 19.2. The molecule has 0 saturated carbocycles. The number of anilines is 2. The van der Waals surface area contributed by atoms with Gasteiger partial charge in [0.25, 0.3) is 0 Å². The quantitative estimate of drug-likeness (QED) is 0.566. The third kappa shape index (κ3) is 4.95. The van der Waals surface area contributed by atoms with Crippen LogP contribution in [-0.2, 0) is 0 Å². The van der Waals surface area contributed by atoms with E-state index in [0.29, 0.717) is 29.6 Å². The molecule has 140 valence electrons. The number of nitrogens with zero attached hydrogens (tertiary/aromatic N) is 4. The predicted octanol–water partition coefficient (Wildman–Crippen LogP) is 3.17. The molecule has 2 aromatic heterocycles. The highest BCUT2D eigenvalue weighted by atomic mass is 35.5. The van der Waals surface area contributed by atoms with Crippen molar-refractivity contribution in [2.75, 3.05) is 23.7 Å². The lowest BCUT2D eigenvalue weighted by Gasteiger charge is -2.10. The Kier molecular flexibility index (Phi) is 5.87. The van der Waals surface area contributed by atoms with E-state index >= 15 is 0 Å². The lowest BCUT2D eigenvalue weighted by Crippen LogP contribution is -2.32. The summed E-state index contributed by atoms with van der Waals surface area (Å²) in [5.41, 5.74) is 2.66. The van der Waals surface area contributed by atoms with Crippen molar-refractivity contribution in [1.29, 1.82) is 0 Å². The van der Waals surface area contributed by atoms with Crippen molar-refractivity contribution < 1.29 is 4.79 Å². The van der Waals surface area contributed by atoms with Crippen molar-refractivity contribution in [3.8, 4) is 5.82 Å². The maximum absolute atomic E-state index is 11.9. The average Bonchev–Trinajstić information content (AvgIpc) is 3.00. The van der Waals surface area contributed by atoms with Crippen molar-refractivity contribution >= 4 is 29.1 Å². The number of amides is 2. The Balaban J connectivity index is 1.48. The van der Waals surface area contributed by atoms with Crippen LogP contribution in [0.3, 0.4) is 0 Å². The molecule has 0 spiro atoms. The normalized spacial score (nSPS) is 10.5. The molecule has 0 saturated heterocycles. The fraction of sp³-hybridized carbons (Fsp3) is 0.222. The van der Waals surface area contributed by atoms with Crippen LogP contribution in [0.4, 0.5) is 16.3 Å². The van der Waals surface area contributed by atoms with E-state index < -0.39 is 0 Å². The summed E-state index contributed by atoms with van der Waals surface area (Å²) in [6, 6.07) is 8.46. The zero-order valence-corrected chi connectivity index (χ0v) is 15.8. The molecule has 0 fully saturated rings. The highest BCUT2D eigenvalue weighted by Crippen LogP contribution is 2.14. The van der Waals surface area contributed by atoms with Gasteiger partial charge in [0, 0.05) is 35.6 Å². The first kappa shape index (κ1) is 18.7. The zero-order valence-electron chi connectivity index (χ0n) is 15.0. The molecule has 3 aromatic rings. The van der Waals surface area contributed by atoms with Gasteiger partial charge in [-0.15, -0.1) is 0 Å². The standard InChI is InChI=1S/C18H20ClN7O/c1-12-13(2)26(11-24-12)17-9-16(22-10-23-17)20-7-8-21-18(27)25-15-5-3-14(19)4-6-15/h3-6,9-11H,7-8H2,1-2H3,(H,20,22,23)(H2,21,25,27). The lowest BCUT2D eigenvalue weighted by atomic mass is 10.3. The lowest BCUT2D eigenvalue weighted by molar-refractivity contribution is 0.252. The molecule has 27 heavy (non-hydrogen) atoms. The summed E-state index contributed by atoms with van der Waals surface area (Å²) in [6.07, 6.45) is 3.23. The number of aromatic nitrogens is 4. The van der Waals surface area contributed by atoms with E-state index in [1.165, 1.54) is 6.33 Å². The molecule has 2 heterocycles. The first-order valence-electron chi connectivity index (χ1n) is 8.40. The molecule has 3 N–H and O–H groups in total. The maximum Gasteiger partial charge on any atom is 0.319 e. The van der Waals surface area contributed by atoms with Crippen LogP contribution in [-0.4, -0.2) is 38.6 Å². The summed E-state index contributed by atoms with van der Waals surface area (Å²) in [4.78, 5) is 24.6. The molecule has 3 rings (SSSR count). The summed E-state index contributed by atoms with van der Waals surface area (Å²) in [5.74, 6) is 1.41. The van der Waals surface area contributed by atoms with E-state index in [9.17, 15) is 4.79 Å². The monoisotopic (exact) mass is 385 g/mol. The van der Waals surface area contributed by atoms with Crippen molar-refractivity contribution in [2.45, 2.75) is 13.8 Å². The Labute approximate surface area is 162 Å². The number of halogens is 1. The minimum Gasteiger partial charge on any atom is -0.368 e. The Morgan fingerprint density at radius 3 is 2.59 bits per heavy atom. The van der Waals surface area contributed by atoms with Crippen molar-refractivity contribution in [1.82, 2.24) is 24.8 Å². The van der Waals surface area contributed by atoms with Gasteiger partial charge in [-0.25, -0.2) is 19.7 Å². The van der Waals surface area contributed by atoms with E-state index in [1.807, 2.05) is 24.5 Å². The minimum atomic E-state index is -0.285. The number of aryl methyl sites for hydroxylation is 1. The maximum atomic E-state index is 11.9. The molecule has 9 heteroatoms. The molecular formula is C18H20ClN7O. The molecule has 0 unspecified atom stereocenters. The van der Waals surface area contributed by atoms with Gasteiger partial charge < -0.3 is 16.0 Å². The van der Waals surface area contributed by atoms with Crippen molar-refractivity contribution in [3.05, 3.63) is 59.4 Å². The van der Waals surface area contributed by atoms with Gasteiger partial charge in [-0.05, 0) is 38.1 Å². The fourth-order valence-electron chi connectivity index (χ4n) is 2.38. The SMILES string of the molecule is Cc1ncn(-c2cc(NCCNC(=O)Nc3ccc(Cl)cc3)ncn2)c1C. The highest BCUT2D eigenvalue weighted by molar-refractivity contribution is 6.30. The molecule has 0 aliphatic heterocycles. The second-order valence-electron chi connectivity index (χ2n) is 5.86. The van der Waals surface area contributed by atoms with Crippen LogP contribution < -0.4 is 16.0 Å². The average molecular weight is 386 g/mol. The molecular weight excluding hydrogens is 366 g/mol. The number of rotatable bonds is 6. The number of carbonyl (C=O) groups is 1. The van der Waals surface area contributed by atoms with Crippen LogP contribution in [0, 0.1) is 13.8 Å². The number of benzene rings is 1. The Bertz CT molecular complexity index is 924. The van der Waals surface area contributed by atoms with Crippen molar-refractivity contribution in [3.63, 3.8) is 0 Å². The largest absolute Gasteiger partial charge is 0.368 e. The molecule has 0 radical (unpaired) electrons. The summed E-state index contributed by atoms with van der Waals surface area (Å²) in [5, 5.41) is 9.29. The predicted molar refractivity (Wildman–Crippen MR) is 106 cm³/mol. The van der Waals surface area contributed by atoms with E-state index in [0.717, 1.165) is 17.2 Å². The topological polar surface area (TPSA) is 96.8 Å². The second-order valence-corrected chi connectivity index (χ2v) is 6.30. The minimum absolute atomic E-state index is 0.285. The first-order chi connectivity index (χ1) is 13.0. The van der Waals surface area contributed by atoms with Gasteiger partial charge in [0.1, 0.15) is 24.3 Å². The summed E-state index contributed by atoms with van der Waals surface area (Å²) >= 11 is 5.82. The van der Waals surface area contributed by atoms with Gasteiger partial charge in [0.15, 0.2) is 0 Å². The van der Waals surface area contributed by atoms with Gasteiger partial charge in [0.2, 0.25) is 0 Å². The van der Waals surface area contributed by atoms with Gasteiger partial charge in [0.05, 0.1) is 5.69 Å². The number of hydrogen-bond acceptors (Lipinski definition) is 5. The molecule has 0 aliphatic carbocycles. The Morgan fingerprint density at radius 2 is 1.89 bits per heavy atom. The summed E-state index contributed by atoms with van der Waals surface area (Å²) in [7, 11) is 0. The molecule has 1 aromatic carbocycles. The number of urea groups is 1. The number of imidazole rings is 1. The van der Waals surface area contributed by atoms with E-state index in [4.69, 9.17) is 11.6 Å². The highest BCUT2D eigenvalue weighted by Gasteiger charge is 2.07. The third-order valence-electron chi connectivity index (χ3n) is 3.97. The van der Waals surface area contributed by atoms with E-state index in [2.05, 4.69) is 30.9 Å². The second kappa shape index (κ2) is 8.50. The third-order valence-corrected chi connectivity index (χ3v) is 4.22. The molecule has 0 atom stereocenters. The van der Waals surface area contributed by atoms with Crippen LogP contribution in [0.5, 0.6) is 0 Å². The molecule has 0 bridgehead atoms. The van der Waals surface area contributed by atoms with Crippen LogP contribution in [0.15, 0.2) is 43.0 Å². The van der Waals surface area contributed by atoms with Crippen LogP contribution in [0.1, 0.15) is 11.4 Å². The number of carbonyl (C=O) groups excluding carboxylic acids is 1. The smallest absolute Gasteiger partial charge is 0.319 e. The number of hydrogen-bond donors (Lipinski definition) is 3. The Hall–Kier alpha value is -3.13. The van der Waals surface area contributed by atoms with Crippen LogP contribution >= 0.6 is 11.6 Å². The molecule has 8 nitrogen and oxygen atoms in total. The van der Waals surface area contributed by atoms with Gasteiger partial charge in [-0.1, -0.05) is 11.6 Å². The fourth-order valence-corrected chi connectivity index (χ4v) is 2.51. The van der Waals surface area contributed by atoms with E-state index in [-0.39, 0.29) is 6.03 Å². The molecule has 2 amide bonds. The van der Waals surface area contributed by atoms with Crippen LogP contribution in [0.25, 0.3) is 5.82 Å². The molecule has 0 aliphatic rings. The first-order valence-corrected chi connectivity index (χ1v) is 8.78. The summed E-state index contributed by atoms with van der Waals surface area (Å²) in [6.45, 7) is 4.89. The summed E-state index contributed by atoms with van der Waals surface area (Å²) < 4.78 is 1.90. The van der Waals surface area contributed by atoms with Crippen molar-refractivity contribution in [2.24, 2.45) is 0 Å². The Morgan fingerprint density at radius 1 is 1.11 bits per heavy atom. The van der Waals surface area contributed by atoms with E-state index in [1.54, 1.807) is 30.6 Å². The van der Waals surface area contributed by atoms with Crippen LogP contribution in [0.2, 0.25) is 5.02 Å². The number of nitrogens with one attached hydrogen (secondary N) is 3.